The van der Waals surface area contributed by atoms with E-state index in [9.17, 15) is 8.42 Å². The third-order valence-corrected chi connectivity index (χ3v) is 6.30. The summed E-state index contributed by atoms with van der Waals surface area (Å²) in [4.78, 5) is 1.33. The zero-order chi connectivity index (χ0) is 16.2. The summed E-state index contributed by atoms with van der Waals surface area (Å²) < 4.78 is 24.7. The van der Waals surface area contributed by atoms with Gasteiger partial charge >= 0.3 is 0 Å². The Bertz CT molecular complexity index is 590. The zero-order valence-electron chi connectivity index (χ0n) is 13.6. The fraction of sp³-hybridized carbons (Fsp3) is 0.625. The first-order valence-corrected chi connectivity index (χ1v) is 10.8. The van der Waals surface area contributed by atoms with Crippen LogP contribution < -0.4 is 5.32 Å². The van der Waals surface area contributed by atoms with Crippen LogP contribution in [-0.2, 0) is 16.4 Å². The SMILES string of the molecule is CSc1ccccc1C[C@@H](C)NC[C@H]1CCN(S(C)(=O)=O)C1. The second kappa shape index (κ2) is 7.81. The highest BCUT2D eigenvalue weighted by Gasteiger charge is 2.28. The molecule has 1 N–H and O–H groups in total. The Balaban J connectivity index is 1.80. The Morgan fingerprint density at radius 3 is 2.77 bits per heavy atom. The molecule has 0 spiro atoms. The van der Waals surface area contributed by atoms with Crippen LogP contribution in [0.4, 0.5) is 0 Å². The van der Waals surface area contributed by atoms with Crippen molar-refractivity contribution in [2.75, 3.05) is 32.1 Å². The molecule has 0 radical (unpaired) electrons. The van der Waals surface area contributed by atoms with Gasteiger partial charge in [0.1, 0.15) is 0 Å². The maximum absolute atomic E-state index is 11.5. The van der Waals surface area contributed by atoms with Gasteiger partial charge in [-0.15, -0.1) is 11.8 Å². The van der Waals surface area contributed by atoms with Crippen LogP contribution in [0.15, 0.2) is 29.2 Å². The average Bonchev–Trinajstić information content (AvgIpc) is 2.95. The molecule has 22 heavy (non-hydrogen) atoms. The van der Waals surface area contributed by atoms with Crippen LogP contribution in [0.3, 0.4) is 0 Å². The molecule has 0 aliphatic carbocycles. The Morgan fingerprint density at radius 2 is 2.14 bits per heavy atom. The van der Waals surface area contributed by atoms with Crippen molar-refractivity contribution in [2.24, 2.45) is 5.92 Å². The van der Waals surface area contributed by atoms with Gasteiger partial charge in [0.2, 0.25) is 10.0 Å². The number of hydrogen-bond donors (Lipinski definition) is 1. The quantitative estimate of drug-likeness (QED) is 0.772. The van der Waals surface area contributed by atoms with Crippen LogP contribution in [-0.4, -0.2) is 50.9 Å². The number of nitrogens with one attached hydrogen (secondary N) is 1. The largest absolute Gasteiger partial charge is 0.314 e. The number of thioether (sulfide) groups is 1. The first-order valence-electron chi connectivity index (χ1n) is 7.70. The Morgan fingerprint density at radius 1 is 1.41 bits per heavy atom. The molecule has 2 rings (SSSR count). The van der Waals surface area contributed by atoms with E-state index in [-0.39, 0.29) is 0 Å². The number of sulfonamides is 1. The van der Waals surface area contributed by atoms with Crippen molar-refractivity contribution in [1.82, 2.24) is 9.62 Å². The van der Waals surface area contributed by atoms with Crippen molar-refractivity contribution in [1.29, 1.82) is 0 Å². The summed E-state index contributed by atoms with van der Waals surface area (Å²) in [6.45, 7) is 4.39. The lowest BCUT2D eigenvalue weighted by Gasteiger charge is -2.19. The molecule has 6 heteroatoms. The van der Waals surface area contributed by atoms with Crippen molar-refractivity contribution in [2.45, 2.75) is 30.7 Å². The van der Waals surface area contributed by atoms with Gasteiger partial charge in [-0.3, -0.25) is 0 Å². The lowest BCUT2D eigenvalue weighted by atomic mass is 10.1. The smallest absolute Gasteiger partial charge is 0.211 e. The molecular weight excluding hydrogens is 316 g/mol. The van der Waals surface area contributed by atoms with E-state index in [1.54, 1.807) is 16.1 Å². The molecule has 0 unspecified atom stereocenters. The van der Waals surface area contributed by atoms with E-state index in [0.29, 0.717) is 25.0 Å². The number of hydrogen-bond acceptors (Lipinski definition) is 4. The van der Waals surface area contributed by atoms with Crippen LogP contribution in [0.2, 0.25) is 0 Å². The fourth-order valence-electron chi connectivity index (χ4n) is 2.91. The molecule has 0 bridgehead atoms. The Hall–Kier alpha value is -0.560. The van der Waals surface area contributed by atoms with Crippen LogP contribution in [0.25, 0.3) is 0 Å². The molecule has 1 heterocycles. The van der Waals surface area contributed by atoms with Gasteiger partial charge in [0.15, 0.2) is 0 Å². The van der Waals surface area contributed by atoms with Gasteiger partial charge < -0.3 is 5.32 Å². The van der Waals surface area contributed by atoms with Crippen molar-refractivity contribution >= 4 is 21.8 Å². The minimum Gasteiger partial charge on any atom is -0.314 e. The maximum Gasteiger partial charge on any atom is 0.211 e. The van der Waals surface area contributed by atoms with Gasteiger partial charge in [-0.1, -0.05) is 18.2 Å². The average molecular weight is 343 g/mol. The molecule has 0 aromatic heterocycles. The van der Waals surface area contributed by atoms with E-state index >= 15 is 0 Å². The second-order valence-electron chi connectivity index (χ2n) is 6.10. The van der Waals surface area contributed by atoms with Crippen molar-refractivity contribution < 1.29 is 8.42 Å². The lowest BCUT2D eigenvalue weighted by Crippen LogP contribution is -2.34. The van der Waals surface area contributed by atoms with Gasteiger partial charge in [0, 0.05) is 24.0 Å². The van der Waals surface area contributed by atoms with Gasteiger partial charge in [-0.25, -0.2) is 12.7 Å². The summed E-state index contributed by atoms with van der Waals surface area (Å²) in [7, 11) is -3.03. The van der Waals surface area contributed by atoms with E-state index in [1.165, 1.54) is 16.7 Å². The zero-order valence-corrected chi connectivity index (χ0v) is 15.2. The van der Waals surface area contributed by atoms with E-state index < -0.39 is 10.0 Å². The summed E-state index contributed by atoms with van der Waals surface area (Å²) in [5, 5.41) is 3.57. The monoisotopic (exact) mass is 342 g/mol. The molecule has 1 aromatic rings. The molecule has 0 amide bonds. The number of benzene rings is 1. The minimum absolute atomic E-state index is 0.389. The van der Waals surface area contributed by atoms with E-state index in [2.05, 4.69) is 42.8 Å². The summed E-state index contributed by atoms with van der Waals surface area (Å²) in [6.07, 6.45) is 5.35. The molecule has 1 fully saturated rings. The van der Waals surface area contributed by atoms with Crippen LogP contribution in [0, 0.1) is 5.92 Å². The summed E-state index contributed by atoms with van der Waals surface area (Å²) in [5.41, 5.74) is 1.37. The highest BCUT2D eigenvalue weighted by atomic mass is 32.2. The fourth-order valence-corrected chi connectivity index (χ4v) is 4.45. The lowest BCUT2D eigenvalue weighted by molar-refractivity contribution is 0.427. The number of nitrogens with zero attached hydrogens (tertiary/aromatic N) is 1. The topological polar surface area (TPSA) is 49.4 Å². The van der Waals surface area contributed by atoms with Gasteiger partial charge in [0.05, 0.1) is 6.26 Å². The van der Waals surface area contributed by atoms with E-state index in [4.69, 9.17) is 0 Å². The maximum atomic E-state index is 11.5. The molecule has 1 aliphatic heterocycles. The predicted octanol–water partition coefficient (Wildman–Crippen LogP) is 2.21. The first-order chi connectivity index (χ1) is 10.4. The van der Waals surface area contributed by atoms with Gasteiger partial charge in [0.25, 0.3) is 0 Å². The van der Waals surface area contributed by atoms with Gasteiger partial charge in [-0.05, 0) is 50.1 Å². The van der Waals surface area contributed by atoms with Gasteiger partial charge in [-0.2, -0.15) is 0 Å². The third-order valence-electron chi connectivity index (χ3n) is 4.19. The van der Waals surface area contributed by atoms with E-state index in [0.717, 1.165) is 19.4 Å². The van der Waals surface area contributed by atoms with Crippen LogP contribution in [0.1, 0.15) is 18.9 Å². The number of rotatable bonds is 7. The van der Waals surface area contributed by atoms with Crippen molar-refractivity contribution in [3.8, 4) is 0 Å². The molecule has 0 saturated carbocycles. The second-order valence-corrected chi connectivity index (χ2v) is 8.93. The summed E-state index contributed by atoms with van der Waals surface area (Å²) >= 11 is 1.78. The van der Waals surface area contributed by atoms with Crippen molar-refractivity contribution in [3.05, 3.63) is 29.8 Å². The Labute approximate surface area is 138 Å². The van der Waals surface area contributed by atoms with Crippen molar-refractivity contribution in [3.63, 3.8) is 0 Å². The van der Waals surface area contributed by atoms with Crippen LogP contribution in [0.5, 0.6) is 0 Å². The molecule has 1 aliphatic rings. The molecule has 4 nitrogen and oxygen atoms in total. The van der Waals surface area contributed by atoms with E-state index in [1.807, 2.05) is 0 Å². The first kappa shape index (κ1) is 17.8. The molecule has 1 aromatic carbocycles. The molecule has 124 valence electrons. The Kier molecular flexibility index (Phi) is 6.32. The third kappa shape index (κ3) is 4.98. The predicted molar refractivity (Wildman–Crippen MR) is 93.9 cm³/mol. The highest BCUT2D eigenvalue weighted by molar-refractivity contribution is 7.98. The molecular formula is C16H26N2O2S2. The summed E-state index contributed by atoms with van der Waals surface area (Å²) in [6, 6.07) is 8.90. The summed E-state index contributed by atoms with van der Waals surface area (Å²) in [5.74, 6) is 0.424. The molecule has 2 atom stereocenters. The minimum atomic E-state index is -3.03. The standard InChI is InChI=1S/C16H26N2O2S2/c1-13(10-15-6-4-5-7-16(15)21-2)17-11-14-8-9-18(12-14)22(3,19)20/h4-7,13-14,17H,8-12H2,1-3H3/t13-,14-/m1/s1. The normalized spacial score (nSPS) is 21.1. The highest BCUT2D eigenvalue weighted by Crippen LogP contribution is 2.22. The van der Waals surface area contributed by atoms with Crippen LogP contribution >= 0.6 is 11.8 Å². The molecule has 1 saturated heterocycles.